The second-order valence-corrected chi connectivity index (χ2v) is 10.3. The molecular weight excluding hydrogens is 262 g/mol. The maximum atomic E-state index is 4.98. The average molecular weight is 267 g/mol. The Kier molecular flexibility index (Phi) is 7.97. The predicted octanol–water partition coefficient (Wildman–Crippen LogP) is 3.37. The summed E-state index contributed by atoms with van der Waals surface area (Å²) in [6, 6.07) is 0. The van der Waals surface area contributed by atoms with Gasteiger partial charge in [0.05, 0.1) is 0 Å². The topological polar surface area (TPSA) is 0 Å². The van der Waals surface area contributed by atoms with Crippen molar-refractivity contribution in [2.24, 2.45) is 0 Å². The molecule has 0 heterocycles. The molecule has 0 atom stereocenters. The van der Waals surface area contributed by atoms with Gasteiger partial charge in [0.1, 0.15) is 0 Å². The molecule has 0 aromatic carbocycles. The van der Waals surface area contributed by atoms with E-state index in [4.69, 9.17) is 28.3 Å². The molecule has 0 radical (unpaired) electrons. The molecule has 0 fully saturated rings. The van der Waals surface area contributed by atoms with Crippen LogP contribution in [0.4, 0.5) is 0 Å². The summed E-state index contributed by atoms with van der Waals surface area (Å²) in [5.41, 5.74) is 0. The van der Waals surface area contributed by atoms with Crippen molar-refractivity contribution in [3.63, 3.8) is 0 Å². The minimum absolute atomic E-state index is 1.01. The normalized spacial score (nSPS) is 13.8. The van der Waals surface area contributed by atoms with E-state index >= 15 is 0 Å². The van der Waals surface area contributed by atoms with Crippen molar-refractivity contribution < 1.29 is 14.2 Å². The minimum atomic E-state index is -1.94. The zero-order chi connectivity index (χ0) is 7.11. The summed E-state index contributed by atoms with van der Waals surface area (Å²) in [5.74, 6) is 0. The van der Waals surface area contributed by atoms with Crippen LogP contribution >= 0.6 is 28.3 Å². The van der Waals surface area contributed by atoms with Crippen LogP contribution in [0.3, 0.4) is 0 Å². The molecular formula is C5H5Cl3Mo-. The van der Waals surface area contributed by atoms with E-state index in [1.54, 1.807) is 0 Å². The van der Waals surface area contributed by atoms with Crippen LogP contribution < -0.4 is 0 Å². The van der Waals surface area contributed by atoms with Gasteiger partial charge in [-0.2, -0.15) is 6.08 Å². The first-order valence-corrected chi connectivity index (χ1v) is 9.93. The van der Waals surface area contributed by atoms with E-state index in [9.17, 15) is 0 Å². The number of halogens is 3. The van der Waals surface area contributed by atoms with Gasteiger partial charge in [-0.05, 0) is 0 Å². The van der Waals surface area contributed by atoms with Crippen LogP contribution in [0.25, 0.3) is 0 Å². The fraction of sp³-hybridized carbons (Fsp3) is 0.200. The van der Waals surface area contributed by atoms with Crippen LogP contribution in [0.15, 0.2) is 18.2 Å². The first kappa shape index (κ1) is 10.0. The summed E-state index contributed by atoms with van der Waals surface area (Å²) in [6.07, 6.45) is 10.0. The molecule has 4 heteroatoms. The summed E-state index contributed by atoms with van der Waals surface area (Å²) in [4.78, 5) is 0. The van der Waals surface area contributed by atoms with Crippen molar-refractivity contribution in [2.75, 3.05) is 0 Å². The third kappa shape index (κ3) is 12.3. The molecule has 1 aliphatic rings. The Hall–Kier alpha value is 1.04. The summed E-state index contributed by atoms with van der Waals surface area (Å²) < 4.78 is 0. The number of allylic oxidation sites excluding steroid dienone is 4. The first-order chi connectivity index (χ1) is 4.23. The number of hydrogen-bond donors (Lipinski definition) is 0. The Morgan fingerprint density at radius 3 is 2.00 bits per heavy atom. The monoisotopic (exact) mass is 268 g/mol. The van der Waals surface area contributed by atoms with Crippen LogP contribution in [0.5, 0.6) is 0 Å². The SMILES string of the molecule is [C-]1=CC=CC1.[Cl][Mo]([Cl])[Cl]. The van der Waals surface area contributed by atoms with E-state index in [2.05, 4.69) is 12.2 Å². The van der Waals surface area contributed by atoms with Crippen molar-refractivity contribution >= 4 is 28.3 Å². The summed E-state index contributed by atoms with van der Waals surface area (Å²) in [7, 11) is 14.9. The van der Waals surface area contributed by atoms with E-state index in [0.29, 0.717) is 0 Å². The van der Waals surface area contributed by atoms with Crippen molar-refractivity contribution in [3.05, 3.63) is 24.3 Å². The van der Waals surface area contributed by atoms with Gasteiger partial charge in [0.25, 0.3) is 0 Å². The average Bonchev–Trinajstić information content (AvgIpc) is 2.11. The van der Waals surface area contributed by atoms with Crippen LogP contribution in [0.1, 0.15) is 6.42 Å². The molecule has 0 saturated carbocycles. The fourth-order valence-corrected chi connectivity index (χ4v) is 0.340. The zero-order valence-corrected chi connectivity index (χ0v) is 8.76. The third-order valence-electron chi connectivity index (χ3n) is 0.586. The maximum absolute atomic E-state index is 4.98. The quantitative estimate of drug-likeness (QED) is 0.466. The van der Waals surface area contributed by atoms with E-state index in [0.717, 1.165) is 6.42 Å². The van der Waals surface area contributed by atoms with E-state index in [1.807, 2.05) is 12.2 Å². The summed E-state index contributed by atoms with van der Waals surface area (Å²) in [6.45, 7) is 0. The molecule has 0 saturated heterocycles. The molecule has 9 heavy (non-hydrogen) atoms. The van der Waals surface area contributed by atoms with Crippen molar-refractivity contribution in [2.45, 2.75) is 6.42 Å². The van der Waals surface area contributed by atoms with E-state index < -0.39 is 14.2 Å². The predicted molar refractivity (Wildman–Crippen MR) is 39.1 cm³/mol. The van der Waals surface area contributed by atoms with Gasteiger partial charge in [0.2, 0.25) is 0 Å². The number of rotatable bonds is 0. The Morgan fingerprint density at radius 2 is 1.89 bits per heavy atom. The van der Waals surface area contributed by atoms with Crippen LogP contribution in [-0.2, 0) is 14.2 Å². The standard InChI is InChI=1S/C5H5.3ClH.Mo/c1-2-4-5-3-1;;;;/h1-3H,4H2;3*1H;/q-1;;;;+3/p-3. The fourth-order valence-electron chi connectivity index (χ4n) is 0.340. The van der Waals surface area contributed by atoms with Gasteiger partial charge in [-0.1, -0.05) is 0 Å². The van der Waals surface area contributed by atoms with Gasteiger partial charge in [-0.15, -0.1) is 6.42 Å². The van der Waals surface area contributed by atoms with Crippen molar-refractivity contribution in [1.82, 2.24) is 0 Å². The molecule has 0 amide bonds. The summed E-state index contributed by atoms with van der Waals surface area (Å²) in [5, 5.41) is 0. The van der Waals surface area contributed by atoms with Gasteiger partial charge >= 0.3 is 42.4 Å². The molecule has 0 bridgehead atoms. The molecule has 1 aliphatic carbocycles. The van der Waals surface area contributed by atoms with Gasteiger partial charge in [-0.3, -0.25) is 6.08 Å². The Bertz CT molecular complexity index is 96.0. The molecule has 1 rings (SSSR count). The van der Waals surface area contributed by atoms with E-state index in [-0.39, 0.29) is 0 Å². The first-order valence-electron chi connectivity index (χ1n) is 2.18. The third-order valence-corrected chi connectivity index (χ3v) is 0.586. The van der Waals surface area contributed by atoms with Gasteiger partial charge in [-0.25, -0.2) is 12.2 Å². The Balaban J connectivity index is 0.000000148. The molecule has 0 aromatic heterocycles. The summed E-state index contributed by atoms with van der Waals surface area (Å²) >= 11 is -1.94. The molecule has 0 aliphatic heterocycles. The molecule has 0 spiro atoms. The van der Waals surface area contributed by atoms with Crippen LogP contribution in [-0.4, -0.2) is 0 Å². The molecule has 0 N–H and O–H groups in total. The second-order valence-electron chi connectivity index (χ2n) is 1.18. The Morgan fingerprint density at radius 1 is 1.33 bits per heavy atom. The van der Waals surface area contributed by atoms with Gasteiger partial charge in [0, 0.05) is 0 Å². The molecule has 0 aromatic rings. The van der Waals surface area contributed by atoms with Gasteiger partial charge < -0.3 is 0 Å². The second kappa shape index (κ2) is 7.15. The van der Waals surface area contributed by atoms with E-state index in [1.165, 1.54) is 0 Å². The van der Waals surface area contributed by atoms with Crippen LogP contribution in [0, 0.1) is 6.08 Å². The van der Waals surface area contributed by atoms with Crippen molar-refractivity contribution in [3.8, 4) is 0 Å². The number of hydrogen-bond acceptors (Lipinski definition) is 0. The zero-order valence-electron chi connectivity index (χ0n) is 4.48. The Labute approximate surface area is 72.8 Å². The molecule has 0 unspecified atom stereocenters. The van der Waals surface area contributed by atoms with Crippen LogP contribution in [0.2, 0.25) is 0 Å². The molecule has 0 nitrogen and oxygen atoms in total. The molecule has 53 valence electrons. The van der Waals surface area contributed by atoms with Gasteiger partial charge in [0.15, 0.2) is 0 Å². The van der Waals surface area contributed by atoms with Crippen molar-refractivity contribution in [1.29, 1.82) is 0 Å².